The molecular weight excluding hydrogens is 230 g/mol. The van der Waals surface area contributed by atoms with Gasteiger partial charge in [0.05, 0.1) is 18.3 Å². The van der Waals surface area contributed by atoms with Crippen molar-refractivity contribution < 1.29 is 14.3 Å². The van der Waals surface area contributed by atoms with Crippen LogP contribution in [-0.4, -0.2) is 25.0 Å². The van der Waals surface area contributed by atoms with Gasteiger partial charge in [0.1, 0.15) is 6.29 Å². The fourth-order valence-electron chi connectivity index (χ4n) is 2.13. The molecule has 0 saturated heterocycles. The predicted octanol–water partition coefficient (Wildman–Crippen LogP) is 2.55. The molecule has 2 rings (SSSR count). The molecule has 1 atom stereocenters. The Balaban J connectivity index is 2.14. The summed E-state index contributed by atoms with van der Waals surface area (Å²) in [5.74, 6) is 0. The van der Waals surface area contributed by atoms with Crippen molar-refractivity contribution >= 4 is 18.1 Å². The highest BCUT2D eigenvalue weighted by Crippen LogP contribution is 2.31. The topological polar surface area (TPSA) is 46.6 Å². The zero-order valence-corrected chi connectivity index (χ0v) is 10.5. The van der Waals surface area contributed by atoms with Gasteiger partial charge in [0.25, 0.3) is 0 Å². The Labute approximate surface area is 107 Å². The summed E-state index contributed by atoms with van der Waals surface area (Å²) in [7, 11) is 0. The first-order valence-corrected chi connectivity index (χ1v) is 6.27. The van der Waals surface area contributed by atoms with E-state index in [1.807, 2.05) is 31.2 Å². The van der Waals surface area contributed by atoms with Crippen LogP contribution < -0.4 is 4.90 Å². The lowest BCUT2D eigenvalue weighted by molar-refractivity contribution is -0.108. The average Bonchev–Trinajstić information content (AvgIpc) is 2.77. The lowest BCUT2D eigenvalue weighted by Crippen LogP contribution is -2.39. The quantitative estimate of drug-likeness (QED) is 0.606. The van der Waals surface area contributed by atoms with Gasteiger partial charge in [0.2, 0.25) is 0 Å². The van der Waals surface area contributed by atoms with Crippen LogP contribution in [0.25, 0.3) is 0 Å². The standard InChI is InChI=1S/C14H17NO3/c1-2-3-8-18-14(17)15-12(10-16)9-11-6-4-5-7-13(11)15/h4-7,10,12H,2-3,8-9H2,1H3. The van der Waals surface area contributed by atoms with Gasteiger partial charge in [-0.15, -0.1) is 0 Å². The van der Waals surface area contributed by atoms with E-state index < -0.39 is 12.1 Å². The van der Waals surface area contributed by atoms with Gasteiger partial charge in [-0.3, -0.25) is 4.90 Å². The molecule has 4 nitrogen and oxygen atoms in total. The fraction of sp³-hybridized carbons (Fsp3) is 0.429. The largest absolute Gasteiger partial charge is 0.449 e. The fourth-order valence-corrected chi connectivity index (χ4v) is 2.13. The van der Waals surface area contributed by atoms with Crippen molar-refractivity contribution in [3.8, 4) is 0 Å². The van der Waals surface area contributed by atoms with Gasteiger partial charge < -0.3 is 9.53 Å². The normalized spacial score (nSPS) is 17.4. The van der Waals surface area contributed by atoms with E-state index in [1.165, 1.54) is 4.90 Å². The number of aldehydes is 1. The summed E-state index contributed by atoms with van der Waals surface area (Å²) in [5.41, 5.74) is 1.80. The molecule has 96 valence electrons. The number of fused-ring (bicyclic) bond motifs is 1. The van der Waals surface area contributed by atoms with Crippen LogP contribution in [0.2, 0.25) is 0 Å². The second-order valence-corrected chi connectivity index (χ2v) is 4.37. The van der Waals surface area contributed by atoms with Crippen molar-refractivity contribution in [2.45, 2.75) is 32.2 Å². The van der Waals surface area contributed by atoms with Gasteiger partial charge in [0.15, 0.2) is 0 Å². The number of hydrogen-bond donors (Lipinski definition) is 0. The Morgan fingerprint density at radius 3 is 3.00 bits per heavy atom. The first kappa shape index (κ1) is 12.6. The molecule has 1 amide bonds. The van der Waals surface area contributed by atoms with Gasteiger partial charge in [-0.2, -0.15) is 0 Å². The number of hydrogen-bond acceptors (Lipinski definition) is 3. The Hall–Kier alpha value is -1.84. The molecule has 1 heterocycles. The van der Waals surface area contributed by atoms with E-state index in [0.717, 1.165) is 30.4 Å². The molecule has 0 fully saturated rings. The molecule has 0 aliphatic carbocycles. The van der Waals surface area contributed by atoms with E-state index in [4.69, 9.17) is 4.74 Å². The van der Waals surface area contributed by atoms with Crippen molar-refractivity contribution in [2.24, 2.45) is 0 Å². The molecule has 0 radical (unpaired) electrons. The van der Waals surface area contributed by atoms with Crippen molar-refractivity contribution in [1.29, 1.82) is 0 Å². The Morgan fingerprint density at radius 1 is 1.50 bits per heavy atom. The Kier molecular flexibility index (Phi) is 3.97. The zero-order valence-electron chi connectivity index (χ0n) is 10.5. The van der Waals surface area contributed by atoms with Crippen LogP contribution in [0.1, 0.15) is 25.3 Å². The second kappa shape index (κ2) is 5.67. The Morgan fingerprint density at radius 2 is 2.28 bits per heavy atom. The van der Waals surface area contributed by atoms with Crippen LogP contribution in [-0.2, 0) is 16.0 Å². The highest BCUT2D eigenvalue weighted by Gasteiger charge is 2.34. The highest BCUT2D eigenvalue weighted by molar-refractivity contribution is 5.95. The second-order valence-electron chi connectivity index (χ2n) is 4.37. The van der Waals surface area contributed by atoms with Gasteiger partial charge >= 0.3 is 6.09 Å². The van der Waals surface area contributed by atoms with Crippen LogP contribution in [0.5, 0.6) is 0 Å². The van der Waals surface area contributed by atoms with E-state index >= 15 is 0 Å². The van der Waals surface area contributed by atoms with Gasteiger partial charge in [-0.1, -0.05) is 31.5 Å². The van der Waals surface area contributed by atoms with Gasteiger partial charge in [-0.05, 0) is 18.1 Å². The molecule has 1 aromatic rings. The van der Waals surface area contributed by atoms with E-state index in [-0.39, 0.29) is 0 Å². The summed E-state index contributed by atoms with van der Waals surface area (Å²) in [5, 5.41) is 0. The molecule has 0 bridgehead atoms. The van der Waals surface area contributed by atoms with E-state index in [0.29, 0.717) is 13.0 Å². The summed E-state index contributed by atoms with van der Waals surface area (Å²) < 4.78 is 5.18. The van der Waals surface area contributed by atoms with Gasteiger partial charge in [-0.25, -0.2) is 4.79 Å². The molecule has 1 aromatic carbocycles. The summed E-state index contributed by atoms with van der Waals surface area (Å²) in [6, 6.07) is 7.12. The molecule has 0 spiro atoms. The summed E-state index contributed by atoms with van der Waals surface area (Å²) in [6.07, 6.45) is 2.77. The monoisotopic (exact) mass is 247 g/mol. The van der Waals surface area contributed by atoms with E-state index in [9.17, 15) is 9.59 Å². The van der Waals surface area contributed by atoms with Crippen LogP contribution in [0.4, 0.5) is 10.5 Å². The third-order valence-corrected chi connectivity index (χ3v) is 3.09. The molecule has 0 N–H and O–H groups in total. The molecule has 0 saturated carbocycles. The number of rotatable bonds is 4. The minimum Gasteiger partial charge on any atom is -0.449 e. The van der Waals surface area contributed by atoms with Crippen LogP contribution in [0.15, 0.2) is 24.3 Å². The number of benzene rings is 1. The zero-order chi connectivity index (χ0) is 13.0. The maximum atomic E-state index is 12.0. The maximum absolute atomic E-state index is 12.0. The maximum Gasteiger partial charge on any atom is 0.414 e. The molecular formula is C14H17NO3. The molecule has 18 heavy (non-hydrogen) atoms. The van der Waals surface area contributed by atoms with E-state index in [2.05, 4.69) is 0 Å². The van der Waals surface area contributed by atoms with Crippen LogP contribution in [0, 0.1) is 0 Å². The van der Waals surface area contributed by atoms with Crippen molar-refractivity contribution in [3.05, 3.63) is 29.8 Å². The lowest BCUT2D eigenvalue weighted by atomic mass is 10.1. The molecule has 0 aromatic heterocycles. The minimum absolute atomic E-state index is 0.402. The molecule has 4 heteroatoms. The highest BCUT2D eigenvalue weighted by atomic mass is 16.6. The predicted molar refractivity (Wildman–Crippen MR) is 68.7 cm³/mol. The number of carbonyl (C=O) groups is 2. The molecule has 1 aliphatic rings. The van der Waals surface area contributed by atoms with Crippen molar-refractivity contribution in [2.75, 3.05) is 11.5 Å². The molecule has 1 aliphatic heterocycles. The van der Waals surface area contributed by atoms with Gasteiger partial charge in [0, 0.05) is 6.42 Å². The number of amides is 1. The summed E-state index contributed by atoms with van der Waals surface area (Å²) in [4.78, 5) is 24.5. The number of para-hydroxylation sites is 1. The average molecular weight is 247 g/mol. The lowest BCUT2D eigenvalue weighted by Gasteiger charge is -2.20. The first-order chi connectivity index (χ1) is 8.77. The number of ether oxygens (including phenoxy) is 1. The number of nitrogens with zero attached hydrogens (tertiary/aromatic N) is 1. The first-order valence-electron chi connectivity index (χ1n) is 6.27. The number of anilines is 1. The van der Waals surface area contributed by atoms with E-state index in [1.54, 1.807) is 0 Å². The third kappa shape index (κ3) is 2.37. The number of carbonyl (C=O) groups excluding carboxylic acids is 2. The van der Waals surface area contributed by atoms with Crippen molar-refractivity contribution in [3.63, 3.8) is 0 Å². The third-order valence-electron chi connectivity index (χ3n) is 3.09. The summed E-state index contributed by atoms with van der Waals surface area (Å²) in [6.45, 7) is 2.44. The van der Waals surface area contributed by atoms with Crippen LogP contribution in [0.3, 0.4) is 0 Å². The summed E-state index contributed by atoms with van der Waals surface area (Å²) >= 11 is 0. The SMILES string of the molecule is CCCCOC(=O)N1c2ccccc2CC1C=O. The number of unbranched alkanes of at least 4 members (excludes halogenated alkanes) is 1. The van der Waals surface area contributed by atoms with Crippen LogP contribution >= 0.6 is 0 Å². The molecule has 1 unspecified atom stereocenters. The van der Waals surface area contributed by atoms with Crippen molar-refractivity contribution in [1.82, 2.24) is 0 Å². The minimum atomic E-state index is -0.434. The Bertz CT molecular complexity index is 444. The smallest absolute Gasteiger partial charge is 0.414 e.